The van der Waals surface area contributed by atoms with Gasteiger partial charge in [-0.2, -0.15) is 0 Å². The third-order valence-electron chi connectivity index (χ3n) is 5.99. The second-order valence-corrected chi connectivity index (χ2v) is 8.63. The molecule has 0 aromatic heterocycles. The van der Waals surface area contributed by atoms with Crippen LogP contribution in [0, 0.1) is 18.3 Å². The third-order valence-corrected chi connectivity index (χ3v) is 5.99. The van der Waals surface area contributed by atoms with Crippen LogP contribution in [0.25, 0.3) is 0 Å². The summed E-state index contributed by atoms with van der Waals surface area (Å²) in [5, 5.41) is 3.64. The van der Waals surface area contributed by atoms with E-state index in [1.807, 2.05) is 26.8 Å². The van der Waals surface area contributed by atoms with Crippen LogP contribution in [0.15, 0.2) is 18.2 Å². The van der Waals surface area contributed by atoms with Crippen LogP contribution in [0.2, 0.25) is 0 Å². The number of benzene rings is 1. The highest BCUT2D eigenvalue weighted by Gasteiger charge is 2.44. The van der Waals surface area contributed by atoms with E-state index in [2.05, 4.69) is 45.1 Å². The van der Waals surface area contributed by atoms with Crippen molar-refractivity contribution in [3.8, 4) is 5.75 Å². The molecule has 3 heteroatoms. The molecule has 0 aliphatic carbocycles. The van der Waals surface area contributed by atoms with Crippen molar-refractivity contribution < 1.29 is 9.53 Å². The fourth-order valence-electron chi connectivity index (χ4n) is 4.50. The molecule has 1 aromatic rings. The summed E-state index contributed by atoms with van der Waals surface area (Å²) in [5.74, 6) is 1.08. The molecule has 3 unspecified atom stereocenters. The number of hydrogen-bond acceptors (Lipinski definition) is 3. The van der Waals surface area contributed by atoms with Gasteiger partial charge in [0.25, 0.3) is 0 Å². The number of piperidine rings is 1. The fourth-order valence-corrected chi connectivity index (χ4v) is 4.50. The molecule has 2 rings (SSSR count). The van der Waals surface area contributed by atoms with Crippen molar-refractivity contribution in [1.29, 1.82) is 0 Å². The summed E-state index contributed by atoms with van der Waals surface area (Å²) in [6, 6.07) is 6.66. The Labute approximate surface area is 153 Å². The summed E-state index contributed by atoms with van der Waals surface area (Å²) < 4.78 is 5.70. The summed E-state index contributed by atoms with van der Waals surface area (Å²) in [6.45, 7) is 15.8. The van der Waals surface area contributed by atoms with Gasteiger partial charge in [0, 0.05) is 11.5 Å². The summed E-state index contributed by atoms with van der Waals surface area (Å²) in [4.78, 5) is 12.3. The van der Waals surface area contributed by atoms with Crippen molar-refractivity contribution in [3.05, 3.63) is 29.3 Å². The number of esters is 1. The molecule has 3 atom stereocenters. The molecule has 1 fully saturated rings. The van der Waals surface area contributed by atoms with Gasteiger partial charge in [-0.3, -0.25) is 4.79 Å². The van der Waals surface area contributed by atoms with E-state index in [4.69, 9.17) is 4.74 Å². The first-order chi connectivity index (χ1) is 11.7. The molecule has 140 valence electrons. The van der Waals surface area contributed by atoms with E-state index in [1.54, 1.807) is 0 Å². The summed E-state index contributed by atoms with van der Waals surface area (Å²) in [6.07, 6.45) is 3.38. The van der Waals surface area contributed by atoms with Gasteiger partial charge in [-0.15, -0.1) is 0 Å². The highest BCUT2D eigenvalue weighted by atomic mass is 16.5. The van der Waals surface area contributed by atoms with E-state index in [1.165, 1.54) is 11.1 Å². The zero-order chi connectivity index (χ0) is 18.8. The zero-order valence-corrected chi connectivity index (χ0v) is 17.0. The van der Waals surface area contributed by atoms with E-state index >= 15 is 0 Å². The van der Waals surface area contributed by atoms with Crippen molar-refractivity contribution >= 4 is 5.97 Å². The predicted molar refractivity (Wildman–Crippen MR) is 104 cm³/mol. The minimum atomic E-state index is -0.497. The second-order valence-electron chi connectivity index (χ2n) is 8.63. The lowest BCUT2D eigenvalue weighted by Gasteiger charge is -2.48. The molecular formula is C22H35NO2. The molecule has 0 saturated carbocycles. The number of rotatable bonds is 4. The largest absolute Gasteiger partial charge is 0.426 e. The van der Waals surface area contributed by atoms with E-state index in [0.29, 0.717) is 17.7 Å². The maximum absolute atomic E-state index is 12.3. The second kappa shape index (κ2) is 7.49. The minimum Gasteiger partial charge on any atom is -0.426 e. The van der Waals surface area contributed by atoms with E-state index in [-0.39, 0.29) is 11.4 Å². The molecule has 1 aromatic carbocycles. The first-order valence-corrected chi connectivity index (χ1v) is 9.72. The number of ether oxygens (including phenoxy) is 1. The van der Waals surface area contributed by atoms with Gasteiger partial charge in [-0.05, 0) is 83.2 Å². The van der Waals surface area contributed by atoms with Crippen LogP contribution in [-0.4, -0.2) is 18.6 Å². The van der Waals surface area contributed by atoms with Gasteiger partial charge < -0.3 is 10.1 Å². The summed E-state index contributed by atoms with van der Waals surface area (Å²) in [5.41, 5.74) is 2.30. The fraction of sp³-hybridized carbons (Fsp3) is 0.682. The number of nitrogens with one attached hydrogen (secondary N) is 1. The smallest absolute Gasteiger partial charge is 0.316 e. The Kier molecular flexibility index (Phi) is 5.98. The Balaban J connectivity index is 2.45. The number of carbonyl (C=O) groups is 1. The van der Waals surface area contributed by atoms with Crippen LogP contribution in [-0.2, 0) is 10.2 Å². The zero-order valence-electron chi connectivity index (χ0n) is 17.0. The van der Waals surface area contributed by atoms with Crippen molar-refractivity contribution in [2.45, 2.75) is 79.2 Å². The highest BCUT2D eigenvalue weighted by molar-refractivity contribution is 5.77. The maximum atomic E-state index is 12.3. The molecule has 1 aliphatic heterocycles. The van der Waals surface area contributed by atoms with Crippen molar-refractivity contribution in [2.75, 3.05) is 6.54 Å². The third kappa shape index (κ3) is 3.92. The molecule has 0 spiro atoms. The van der Waals surface area contributed by atoms with Gasteiger partial charge in [0.2, 0.25) is 0 Å². The van der Waals surface area contributed by atoms with Crippen LogP contribution in [0.5, 0.6) is 5.75 Å². The van der Waals surface area contributed by atoms with Crippen LogP contribution < -0.4 is 10.1 Å². The van der Waals surface area contributed by atoms with Crippen molar-refractivity contribution in [1.82, 2.24) is 5.32 Å². The lowest BCUT2D eigenvalue weighted by Crippen LogP contribution is -2.53. The Morgan fingerprint density at radius 3 is 2.56 bits per heavy atom. The SMILES string of the molecule is CCC1C(C)NCCC1(CC)c1cc(OC(=O)C(C)(C)C)ccc1C. The molecule has 0 bridgehead atoms. The molecule has 25 heavy (non-hydrogen) atoms. The monoisotopic (exact) mass is 345 g/mol. The van der Waals surface area contributed by atoms with E-state index in [9.17, 15) is 4.79 Å². The van der Waals surface area contributed by atoms with Gasteiger partial charge in [0.15, 0.2) is 0 Å². The molecule has 1 N–H and O–H groups in total. The normalized spacial score (nSPS) is 27.2. The van der Waals surface area contributed by atoms with E-state index < -0.39 is 5.41 Å². The van der Waals surface area contributed by atoms with Crippen LogP contribution in [0.1, 0.15) is 71.9 Å². The molecular weight excluding hydrogens is 310 g/mol. The number of hydrogen-bond donors (Lipinski definition) is 1. The lowest BCUT2D eigenvalue weighted by molar-refractivity contribution is -0.143. The van der Waals surface area contributed by atoms with Gasteiger partial charge >= 0.3 is 5.97 Å². The average molecular weight is 346 g/mol. The summed E-state index contributed by atoms with van der Waals surface area (Å²) >= 11 is 0. The quantitative estimate of drug-likeness (QED) is 0.616. The predicted octanol–water partition coefficient (Wildman–Crippen LogP) is 5.00. The summed E-state index contributed by atoms with van der Waals surface area (Å²) in [7, 11) is 0. The first-order valence-electron chi connectivity index (χ1n) is 9.72. The molecule has 1 aliphatic rings. The van der Waals surface area contributed by atoms with Crippen molar-refractivity contribution in [3.63, 3.8) is 0 Å². The minimum absolute atomic E-state index is 0.146. The van der Waals surface area contributed by atoms with Gasteiger partial charge in [-0.25, -0.2) is 0 Å². The van der Waals surface area contributed by atoms with Gasteiger partial charge in [-0.1, -0.05) is 26.3 Å². The average Bonchev–Trinajstić information content (AvgIpc) is 2.55. The Hall–Kier alpha value is -1.35. The van der Waals surface area contributed by atoms with Gasteiger partial charge in [0.05, 0.1) is 5.41 Å². The van der Waals surface area contributed by atoms with E-state index in [0.717, 1.165) is 25.8 Å². The molecule has 1 saturated heterocycles. The molecule has 1 heterocycles. The Morgan fingerprint density at radius 2 is 2.00 bits per heavy atom. The topological polar surface area (TPSA) is 38.3 Å². The van der Waals surface area contributed by atoms with Crippen LogP contribution in [0.4, 0.5) is 0 Å². The number of aryl methyl sites for hydroxylation is 1. The highest BCUT2D eigenvalue weighted by Crippen LogP contribution is 2.46. The standard InChI is InChI=1S/C22H35NO2/c1-8-18-16(4)23-13-12-22(18,9-2)19-14-17(11-10-15(19)3)25-20(24)21(5,6)7/h10-11,14,16,18,23H,8-9,12-13H2,1-7H3. The Morgan fingerprint density at radius 1 is 1.32 bits per heavy atom. The molecule has 0 amide bonds. The van der Waals surface area contributed by atoms with Gasteiger partial charge in [0.1, 0.15) is 5.75 Å². The first kappa shape index (κ1) is 20.0. The maximum Gasteiger partial charge on any atom is 0.316 e. The molecule has 3 nitrogen and oxygen atoms in total. The van der Waals surface area contributed by atoms with Crippen LogP contribution >= 0.6 is 0 Å². The van der Waals surface area contributed by atoms with Crippen molar-refractivity contribution in [2.24, 2.45) is 11.3 Å². The lowest BCUT2D eigenvalue weighted by atomic mass is 9.60. The molecule has 0 radical (unpaired) electrons. The Bertz CT molecular complexity index is 617. The number of carbonyl (C=O) groups excluding carboxylic acids is 1. The van der Waals surface area contributed by atoms with Crippen LogP contribution in [0.3, 0.4) is 0 Å².